The Balaban J connectivity index is 2.80. The topological polar surface area (TPSA) is 57.9 Å². The van der Waals surface area contributed by atoms with Gasteiger partial charge in [-0.05, 0) is 28.1 Å². The molecular weight excluding hydrogens is 329 g/mol. The summed E-state index contributed by atoms with van der Waals surface area (Å²) in [5, 5.41) is 8.68. The van der Waals surface area contributed by atoms with Crippen molar-refractivity contribution < 1.29 is 12.8 Å². The van der Waals surface area contributed by atoms with Crippen molar-refractivity contribution in [1.29, 1.82) is 5.26 Å². The summed E-state index contributed by atoms with van der Waals surface area (Å²) < 4.78 is 35.8. The fraction of sp³-hybridized carbons (Fsp3) is 0.300. The van der Waals surface area contributed by atoms with Gasteiger partial charge in [-0.25, -0.2) is 12.8 Å². The zero-order valence-electron chi connectivity index (χ0n) is 8.91. The van der Waals surface area contributed by atoms with E-state index in [1.54, 1.807) is 0 Å². The van der Waals surface area contributed by atoms with E-state index in [1.165, 1.54) is 6.07 Å². The molecule has 0 heterocycles. The van der Waals surface area contributed by atoms with Crippen molar-refractivity contribution in [1.82, 2.24) is 0 Å². The molecule has 0 aliphatic rings. The molecule has 0 aliphatic carbocycles. The average molecular weight is 338 g/mol. The molecule has 0 spiro atoms. The first kappa shape index (κ1) is 14.5. The van der Waals surface area contributed by atoms with Gasteiger partial charge >= 0.3 is 0 Å². The van der Waals surface area contributed by atoms with Crippen LogP contribution >= 0.6 is 27.7 Å². The van der Waals surface area contributed by atoms with Crippen molar-refractivity contribution in [2.45, 2.75) is 4.90 Å². The quantitative estimate of drug-likeness (QED) is 0.792. The number of hydrogen-bond acceptors (Lipinski definition) is 4. The van der Waals surface area contributed by atoms with Crippen LogP contribution in [0.15, 0.2) is 21.5 Å². The zero-order chi connectivity index (χ0) is 13.1. The lowest BCUT2D eigenvalue weighted by Gasteiger charge is -2.04. The van der Waals surface area contributed by atoms with E-state index in [4.69, 9.17) is 5.26 Å². The summed E-state index contributed by atoms with van der Waals surface area (Å²) in [5.74, 6) is -0.230. The van der Waals surface area contributed by atoms with Crippen molar-refractivity contribution in [2.24, 2.45) is 0 Å². The van der Waals surface area contributed by atoms with E-state index in [-0.39, 0.29) is 17.1 Å². The summed E-state index contributed by atoms with van der Waals surface area (Å²) >= 11 is 4.27. The summed E-state index contributed by atoms with van der Waals surface area (Å²) in [4.78, 5) is 0.333. The molecule has 3 nitrogen and oxygen atoms in total. The molecule has 0 amide bonds. The van der Waals surface area contributed by atoms with Crippen LogP contribution in [0, 0.1) is 17.1 Å². The molecule has 0 N–H and O–H groups in total. The van der Waals surface area contributed by atoms with Gasteiger partial charge in [-0.2, -0.15) is 5.26 Å². The van der Waals surface area contributed by atoms with E-state index in [1.807, 2.05) is 6.07 Å². The van der Waals surface area contributed by atoms with Crippen LogP contribution in [-0.4, -0.2) is 26.2 Å². The molecule has 7 heteroatoms. The molecule has 0 unspecified atom stereocenters. The van der Waals surface area contributed by atoms with Gasteiger partial charge in [0.2, 0.25) is 0 Å². The molecule has 0 radical (unpaired) electrons. The molecule has 92 valence electrons. The second kappa shape index (κ2) is 5.85. The predicted molar refractivity (Wildman–Crippen MR) is 69.2 cm³/mol. The maximum Gasteiger partial charge on any atom is 0.148 e. The van der Waals surface area contributed by atoms with Crippen LogP contribution in [0.5, 0.6) is 0 Å². The van der Waals surface area contributed by atoms with Crippen molar-refractivity contribution in [3.05, 3.63) is 28.0 Å². The summed E-state index contributed by atoms with van der Waals surface area (Å²) in [7, 11) is -3.04. The Morgan fingerprint density at radius 3 is 2.71 bits per heavy atom. The Labute approximate surface area is 112 Å². The Kier molecular flexibility index (Phi) is 4.98. The monoisotopic (exact) mass is 337 g/mol. The molecule has 1 aromatic carbocycles. The highest BCUT2D eigenvalue weighted by Gasteiger charge is 2.10. The summed E-state index contributed by atoms with van der Waals surface area (Å²) in [5.41, 5.74) is 0.218. The van der Waals surface area contributed by atoms with Gasteiger partial charge in [0.05, 0.1) is 11.3 Å². The minimum Gasteiger partial charge on any atom is -0.229 e. The SMILES string of the molecule is CS(=O)(=O)CCSc1cc(Br)c(C#N)cc1F. The molecule has 1 aromatic rings. The van der Waals surface area contributed by atoms with Crippen molar-refractivity contribution in [3.63, 3.8) is 0 Å². The molecule has 0 atom stereocenters. The first-order valence-corrected chi connectivity index (χ1v) is 8.37. The van der Waals surface area contributed by atoms with Crippen LogP contribution in [0.25, 0.3) is 0 Å². The molecule has 0 saturated carbocycles. The minimum atomic E-state index is -3.04. The van der Waals surface area contributed by atoms with Gasteiger partial charge in [-0.15, -0.1) is 11.8 Å². The Hall–Kier alpha value is -0.580. The van der Waals surface area contributed by atoms with Crippen molar-refractivity contribution in [3.8, 4) is 6.07 Å². The number of halogens is 2. The zero-order valence-corrected chi connectivity index (χ0v) is 12.1. The van der Waals surface area contributed by atoms with Gasteiger partial charge < -0.3 is 0 Å². The molecule has 0 bridgehead atoms. The van der Waals surface area contributed by atoms with Crippen LogP contribution in [0.1, 0.15) is 5.56 Å². The Morgan fingerprint density at radius 1 is 1.53 bits per heavy atom. The van der Waals surface area contributed by atoms with Gasteiger partial charge in [0.1, 0.15) is 21.7 Å². The van der Waals surface area contributed by atoms with E-state index < -0.39 is 15.7 Å². The van der Waals surface area contributed by atoms with Crippen LogP contribution in [-0.2, 0) is 9.84 Å². The number of nitriles is 1. The lowest BCUT2D eigenvalue weighted by molar-refractivity contribution is 0.599. The van der Waals surface area contributed by atoms with E-state index in [9.17, 15) is 12.8 Å². The maximum absolute atomic E-state index is 13.5. The fourth-order valence-electron chi connectivity index (χ4n) is 1.03. The van der Waals surface area contributed by atoms with E-state index in [0.717, 1.165) is 24.1 Å². The summed E-state index contributed by atoms with van der Waals surface area (Å²) in [6.07, 6.45) is 1.14. The number of rotatable bonds is 4. The number of thioether (sulfide) groups is 1. The molecule has 0 fully saturated rings. The van der Waals surface area contributed by atoms with E-state index >= 15 is 0 Å². The third kappa shape index (κ3) is 4.66. The molecule has 17 heavy (non-hydrogen) atoms. The van der Waals surface area contributed by atoms with E-state index in [2.05, 4.69) is 15.9 Å². The van der Waals surface area contributed by atoms with Gasteiger partial charge in [0.25, 0.3) is 0 Å². The average Bonchev–Trinajstić information content (AvgIpc) is 2.20. The highest BCUT2D eigenvalue weighted by atomic mass is 79.9. The minimum absolute atomic E-state index is 0.00523. The number of sulfone groups is 1. The summed E-state index contributed by atoms with van der Waals surface area (Å²) in [6, 6.07) is 4.47. The number of nitrogens with zero attached hydrogens (tertiary/aromatic N) is 1. The van der Waals surface area contributed by atoms with Crippen molar-refractivity contribution >= 4 is 37.5 Å². The standard InChI is InChI=1S/C10H9BrFNO2S2/c1-17(14,15)3-2-16-10-5-8(11)7(6-13)4-9(10)12/h4-5H,2-3H2,1H3. The lowest BCUT2D eigenvalue weighted by Crippen LogP contribution is -2.05. The van der Waals surface area contributed by atoms with Gasteiger partial charge in [-0.1, -0.05) is 0 Å². The van der Waals surface area contributed by atoms with Crippen LogP contribution < -0.4 is 0 Å². The third-order valence-corrected chi connectivity index (χ3v) is 4.75. The van der Waals surface area contributed by atoms with Crippen molar-refractivity contribution in [2.75, 3.05) is 17.8 Å². The molecule has 1 rings (SSSR count). The fourth-order valence-corrected chi connectivity index (χ4v) is 3.77. The second-order valence-corrected chi connectivity index (χ2v) is 7.60. The lowest BCUT2D eigenvalue weighted by atomic mass is 10.2. The molecule has 0 saturated heterocycles. The van der Waals surface area contributed by atoms with Crippen LogP contribution in [0.2, 0.25) is 0 Å². The normalized spacial score (nSPS) is 11.2. The van der Waals surface area contributed by atoms with E-state index in [0.29, 0.717) is 9.37 Å². The van der Waals surface area contributed by atoms with Gasteiger partial charge in [0, 0.05) is 21.4 Å². The largest absolute Gasteiger partial charge is 0.229 e. The third-order valence-electron chi connectivity index (χ3n) is 1.85. The molecule has 0 aromatic heterocycles. The Morgan fingerprint density at radius 2 is 2.18 bits per heavy atom. The predicted octanol–water partition coefficient (Wildman–Crippen LogP) is 2.60. The first-order valence-electron chi connectivity index (χ1n) is 4.53. The van der Waals surface area contributed by atoms with Gasteiger partial charge in [0.15, 0.2) is 0 Å². The first-order chi connectivity index (χ1) is 7.83. The maximum atomic E-state index is 13.5. The smallest absolute Gasteiger partial charge is 0.148 e. The van der Waals surface area contributed by atoms with Gasteiger partial charge in [-0.3, -0.25) is 0 Å². The molecular formula is C10H9BrFNO2S2. The highest BCUT2D eigenvalue weighted by molar-refractivity contribution is 9.10. The van der Waals surface area contributed by atoms with Crippen LogP contribution in [0.4, 0.5) is 4.39 Å². The number of hydrogen-bond donors (Lipinski definition) is 0. The second-order valence-electron chi connectivity index (χ2n) is 3.35. The highest BCUT2D eigenvalue weighted by Crippen LogP contribution is 2.28. The summed E-state index contributed by atoms with van der Waals surface area (Å²) in [6.45, 7) is 0. The molecule has 0 aliphatic heterocycles. The Bertz CT molecular complexity index is 566. The van der Waals surface area contributed by atoms with Crippen LogP contribution in [0.3, 0.4) is 0 Å². The number of benzene rings is 1.